The number of benzene rings is 1. The average molecular weight is 370 g/mol. The number of rotatable bonds is 7. The lowest BCUT2D eigenvalue weighted by Crippen LogP contribution is -2.39. The molecule has 2 aromatic heterocycles. The minimum absolute atomic E-state index is 0.219. The third-order valence-corrected chi connectivity index (χ3v) is 4.09. The van der Waals surface area contributed by atoms with Gasteiger partial charge < -0.3 is 15.4 Å². The van der Waals surface area contributed by atoms with Gasteiger partial charge in [-0.3, -0.25) is 4.40 Å². The number of hydrogen-bond acceptors (Lipinski definition) is 4. The summed E-state index contributed by atoms with van der Waals surface area (Å²) < 4.78 is 20.5. The minimum atomic E-state index is -0.267. The molecule has 1 aromatic carbocycles. The van der Waals surface area contributed by atoms with Crippen molar-refractivity contribution in [1.29, 1.82) is 0 Å². The van der Waals surface area contributed by atoms with Crippen LogP contribution in [0.25, 0.3) is 5.65 Å². The molecule has 3 aromatic rings. The molecule has 0 fully saturated rings. The molecular weight excluding hydrogens is 347 g/mol. The zero-order valence-corrected chi connectivity index (χ0v) is 15.4. The average Bonchev–Trinajstić information content (AvgIpc) is 3.11. The second-order valence-corrected chi connectivity index (χ2v) is 5.90. The monoisotopic (exact) mass is 370 g/mol. The van der Waals surface area contributed by atoms with Crippen LogP contribution in [-0.4, -0.2) is 40.8 Å². The van der Waals surface area contributed by atoms with Crippen LogP contribution < -0.4 is 10.6 Å². The summed E-state index contributed by atoms with van der Waals surface area (Å²) in [4.78, 5) is 4.58. The first-order valence-electron chi connectivity index (χ1n) is 8.80. The number of ether oxygens (including phenoxy) is 1. The fourth-order valence-electron chi connectivity index (χ4n) is 2.69. The van der Waals surface area contributed by atoms with Crippen molar-refractivity contribution in [2.45, 2.75) is 19.6 Å². The molecule has 0 saturated heterocycles. The highest BCUT2D eigenvalue weighted by molar-refractivity contribution is 5.79. The topological polar surface area (TPSA) is 75.8 Å². The third-order valence-electron chi connectivity index (χ3n) is 4.09. The Bertz CT molecular complexity index is 893. The molecule has 1 unspecified atom stereocenters. The number of aliphatic imine (C=N–C) groups is 1. The Morgan fingerprint density at radius 3 is 2.74 bits per heavy atom. The van der Waals surface area contributed by atoms with E-state index in [-0.39, 0.29) is 11.9 Å². The summed E-state index contributed by atoms with van der Waals surface area (Å²) in [6, 6.07) is 12.0. The lowest BCUT2D eigenvalue weighted by atomic mass is 10.1. The third kappa shape index (κ3) is 4.79. The fourth-order valence-corrected chi connectivity index (χ4v) is 2.69. The number of pyridine rings is 1. The number of nitrogens with one attached hydrogen (secondary N) is 2. The summed E-state index contributed by atoms with van der Waals surface area (Å²) in [7, 11) is 1.63. The summed E-state index contributed by atoms with van der Waals surface area (Å²) in [5, 5.41) is 14.8. The van der Waals surface area contributed by atoms with Crippen LogP contribution in [0.2, 0.25) is 0 Å². The largest absolute Gasteiger partial charge is 0.375 e. The standard InChI is InChI=1S/C19H23FN6O/c1-3-21-19(22-12-16(27-2)14-7-9-15(20)10-8-14)23-13-18-25-24-17-6-4-5-11-26(17)18/h4-11,16H,3,12-13H2,1-2H3,(H2,21,22,23). The zero-order chi connectivity index (χ0) is 19.1. The van der Waals surface area contributed by atoms with Gasteiger partial charge in [0, 0.05) is 26.4 Å². The maximum Gasteiger partial charge on any atom is 0.191 e. The molecule has 0 saturated carbocycles. The summed E-state index contributed by atoms with van der Waals surface area (Å²) in [6.07, 6.45) is 1.69. The van der Waals surface area contributed by atoms with Crippen LogP contribution in [-0.2, 0) is 11.3 Å². The number of methoxy groups -OCH3 is 1. The van der Waals surface area contributed by atoms with E-state index in [1.807, 2.05) is 35.7 Å². The molecule has 2 heterocycles. The van der Waals surface area contributed by atoms with Crippen LogP contribution in [0.3, 0.4) is 0 Å². The van der Waals surface area contributed by atoms with Crippen molar-refractivity contribution in [2.24, 2.45) is 4.99 Å². The lowest BCUT2D eigenvalue weighted by molar-refractivity contribution is 0.106. The molecule has 0 spiro atoms. The van der Waals surface area contributed by atoms with E-state index in [0.29, 0.717) is 19.0 Å². The molecule has 1 atom stereocenters. The maximum atomic E-state index is 13.1. The Balaban J connectivity index is 1.67. The molecule has 3 rings (SSSR count). The van der Waals surface area contributed by atoms with Gasteiger partial charge in [0.15, 0.2) is 17.4 Å². The summed E-state index contributed by atoms with van der Waals surface area (Å²) >= 11 is 0. The van der Waals surface area contributed by atoms with Gasteiger partial charge >= 0.3 is 0 Å². The number of fused-ring (bicyclic) bond motifs is 1. The van der Waals surface area contributed by atoms with E-state index < -0.39 is 0 Å². The van der Waals surface area contributed by atoms with Crippen LogP contribution in [0.4, 0.5) is 4.39 Å². The molecule has 142 valence electrons. The van der Waals surface area contributed by atoms with E-state index in [4.69, 9.17) is 4.74 Å². The van der Waals surface area contributed by atoms with Crippen molar-refractivity contribution < 1.29 is 9.13 Å². The quantitative estimate of drug-likeness (QED) is 0.493. The number of aromatic nitrogens is 3. The molecule has 0 aliphatic heterocycles. The van der Waals surface area contributed by atoms with E-state index in [2.05, 4.69) is 25.8 Å². The second kappa shape index (κ2) is 9.09. The number of halogens is 1. The van der Waals surface area contributed by atoms with Crippen LogP contribution in [0.5, 0.6) is 0 Å². The van der Waals surface area contributed by atoms with Gasteiger partial charge in [-0.15, -0.1) is 10.2 Å². The predicted molar refractivity (Wildman–Crippen MR) is 102 cm³/mol. The van der Waals surface area contributed by atoms with Crippen molar-refractivity contribution in [3.05, 3.63) is 65.9 Å². The summed E-state index contributed by atoms with van der Waals surface area (Å²) in [6.45, 7) is 3.60. The van der Waals surface area contributed by atoms with Crippen LogP contribution in [0.15, 0.2) is 53.7 Å². The highest BCUT2D eigenvalue weighted by atomic mass is 19.1. The van der Waals surface area contributed by atoms with E-state index in [1.165, 1.54) is 12.1 Å². The molecule has 27 heavy (non-hydrogen) atoms. The zero-order valence-electron chi connectivity index (χ0n) is 15.4. The molecule has 8 heteroatoms. The number of nitrogens with zero attached hydrogens (tertiary/aromatic N) is 4. The van der Waals surface area contributed by atoms with Crippen LogP contribution in [0.1, 0.15) is 24.4 Å². The molecule has 0 aliphatic carbocycles. The Morgan fingerprint density at radius 1 is 1.19 bits per heavy atom. The molecule has 0 aliphatic rings. The van der Waals surface area contributed by atoms with Crippen LogP contribution in [0, 0.1) is 5.82 Å². The summed E-state index contributed by atoms with van der Waals surface area (Å²) in [5.74, 6) is 1.14. The smallest absolute Gasteiger partial charge is 0.191 e. The minimum Gasteiger partial charge on any atom is -0.375 e. The molecule has 7 nitrogen and oxygen atoms in total. The first-order chi connectivity index (χ1) is 13.2. The Kier molecular flexibility index (Phi) is 6.32. The van der Waals surface area contributed by atoms with Gasteiger partial charge in [-0.2, -0.15) is 0 Å². The molecule has 2 N–H and O–H groups in total. The highest BCUT2D eigenvalue weighted by Crippen LogP contribution is 2.16. The maximum absolute atomic E-state index is 13.1. The first-order valence-corrected chi connectivity index (χ1v) is 8.80. The predicted octanol–water partition coefficient (Wildman–Crippen LogP) is 2.31. The van der Waals surface area contributed by atoms with Gasteiger partial charge in [-0.1, -0.05) is 18.2 Å². The van der Waals surface area contributed by atoms with Crippen molar-refractivity contribution in [1.82, 2.24) is 25.2 Å². The number of hydrogen-bond donors (Lipinski definition) is 2. The van der Waals surface area contributed by atoms with E-state index in [1.54, 1.807) is 19.2 Å². The van der Waals surface area contributed by atoms with Gasteiger partial charge in [-0.05, 0) is 36.8 Å². The van der Waals surface area contributed by atoms with Crippen molar-refractivity contribution >= 4 is 11.6 Å². The SMILES string of the molecule is CCNC(=NCc1nnc2ccccn12)NCC(OC)c1ccc(F)cc1. The van der Waals surface area contributed by atoms with Gasteiger partial charge in [0.05, 0.1) is 6.10 Å². The van der Waals surface area contributed by atoms with Gasteiger partial charge in [0.2, 0.25) is 0 Å². The van der Waals surface area contributed by atoms with Gasteiger partial charge in [0.25, 0.3) is 0 Å². The van der Waals surface area contributed by atoms with Crippen LogP contribution >= 0.6 is 0 Å². The highest BCUT2D eigenvalue weighted by Gasteiger charge is 2.12. The van der Waals surface area contributed by atoms with E-state index in [9.17, 15) is 4.39 Å². The Labute approximate surface area is 157 Å². The van der Waals surface area contributed by atoms with E-state index >= 15 is 0 Å². The van der Waals surface area contributed by atoms with Gasteiger partial charge in [-0.25, -0.2) is 9.38 Å². The Morgan fingerprint density at radius 2 is 2.00 bits per heavy atom. The second-order valence-electron chi connectivity index (χ2n) is 5.90. The van der Waals surface area contributed by atoms with Crippen molar-refractivity contribution in [3.8, 4) is 0 Å². The molecule has 0 bridgehead atoms. The number of guanidine groups is 1. The van der Waals surface area contributed by atoms with E-state index in [0.717, 1.165) is 23.6 Å². The normalized spacial score (nSPS) is 12.9. The van der Waals surface area contributed by atoms with Gasteiger partial charge in [0.1, 0.15) is 12.4 Å². The van der Waals surface area contributed by atoms with Crippen molar-refractivity contribution in [3.63, 3.8) is 0 Å². The summed E-state index contributed by atoms with van der Waals surface area (Å²) in [5.41, 5.74) is 1.68. The first kappa shape index (κ1) is 18.8. The fraction of sp³-hybridized carbons (Fsp3) is 0.316. The van der Waals surface area contributed by atoms with Crippen molar-refractivity contribution in [2.75, 3.05) is 20.2 Å². The Hall–Kier alpha value is -3.00. The molecule has 0 amide bonds. The molecule has 0 radical (unpaired) electrons. The molecular formula is C19H23FN6O. The lowest BCUT2D eigenvalue weighted by Gasteiger charge is -2.18.